The van der Waals surface area contributed by atoms with E-state index in [1.54, 1.807) is 0 Å². The molecule has 0 aliphatic carbocycles. The standard InChI is InChI=1S/C9H15NO3/c1-4-7-8(11)6(10-12)5-9(2,3)13-7/h6-7H,4-5H2,1-3H3. The maximum atomic E-state index is 11.5. The molecule has 0 saturated carbocycles. The van der Waals surface area contributed by atoms with E-state index in [1.807, 2.05) is 20.8 Å². The highest BCUT2D eigenvalue weighted by Crippen LogP contribution is 2.28. The number of carbonyl (C=O) groups is 1. The lowest BCUT2D eigenvalue weighted by Crippen LogP contribution is -2.48. The zero-order valence-corrected chi connectivity index (χ0v) is 8.24. The van der Waals surface area contributed by atoms with Crippen LogP contribution in [0.4, 0.5) is 0 Å². The van der Waals surface area contributed by atoms with Gasteiger partial charge in [0.05, 0.1) is 5.60 Å². The topological polar surface area (TPSA) is 55.7 Å². The number of ether oxygens (including phenoxy) is 1. The second-order valence-corrected chi connectivity index (χ2v) is 4.00. The average Bonchev–Trinajstić information content (AvgIpc) is 2.08. The van der Waals surface area contributed by atoms with Crippen LogP contribution in [0.15, 0.2) is 5.18 Å². The third-order valence-corrected chi connectivity index (χ3v) is 2.29. The fourth-order valence-corrected chi connectivity index (χ4v) is 1.65. The number of nitroso groups, excluding NO2 is 1. The van der Waals surface area contributed by atoms with Gasteiger partial charge < -0.3 is 4.74 Å². The largest absolute Gasteiger partial charge is 0.364 e. The van der Waals surface area contributed by atoms with Crippen molar-refractivity contribution in [3.8, 4) is 0 Å². The van der Waals surface area contributed by atoms with Gasteiger partial charge in [0.25, 0.3) is 0 Å². The molecule has 0 amide bonds. The van der Waals surface area contributed by atoms with Crippen LogP contribution < -0.4 is 0 Å². The summed E-state index contributed by atoms with van der Waals surface area (Å²) in [6, 6.07) is -0.714. The van der Waals surface area contributed by atoms with Crippen LogP contribution in [0.1, 0.15) is 33.6 Å². The first-order valence-corrected chi connectivity index (χ1v) is 4.54. The summed E-state index contributed by atoms with van der Waals surface area (Å²) in [6.45, 7) is 5.62. The molecule has 0 aromatic carbocycles. The lowest BCUT2D eigenvalue weighted by Gasteiger charge is -2.36. The summed E-state index contributed by atoms with van der Waals surface area (Å²) < 4.78 is 5.52. The van der Waals surface area contributed by atoms with Gasteiger partial charge in [-0.15, -0.1) is 0 Å². The number of hydrogen-bond acceptors (Lipinski definition) is 4. The first kappa shape index (κ1) is 10.3. The van der Waals surface area contributed by atoms with Crippen LogP contribution in [0, 0.1) is 4.91 Å². The molecule has 13 heavy (non-hydrogen) atoms. The maximum Gasteiger partial charge on any atom is 0.189 e. The second kappa shape index (κ2) is 3.54. The molecule has 74 valence electrons. The van der Waals surface area contributed by atoms with Crippen LogP contribution in [0.5, 0.6) is 0 Å². The summed E-state index contributed by atoms with van der Waals surface area (Å²) in [4.78, 5) is 21.8. The van der Waals surface area contributed by atoms with Gasteiger partial charge in [-0.3, -0.25) is 4.79 Å². The minimum atomic E-state index is -0.714. The fraction of sp³-hybridized carbons (Fsp3) is 0.889. The Morgan fingerprint density at radius 1 is 1.62 bits per heavy atom. The number of Topliss-reactive ketones (excluding diaryl/α,β-unsaturated/α-hetero) is 1. The first-order valence-electron chi connectivity index (χ1n) is 4.54. The summed E-state index contributed by atoms with van der Waals surface area (Å²) in [5, 5.41) is 2.84. The van der Waals surface area contributed by atoms with Crippen molar-refractivity contribution in [2.24, 2.45) is 5.18 Å². The number of carbonyl (C=O) groups excluding carboxylic acids is 1. The van der Waals surface area contributed by atoms with Crippen molar-refractivity contribution in [3.05, 3.63) is 4.91 Å². The Balaban J connectivity index is 2.80. The number of ketones is 1. The van der Waals surface area contributed by atoms with Crippen molar-refractivity contribution >= 4 is 5.78 Å². The third-order valence-electron chi connectivity index (χ3n) is 2.29. The van der Waals surface area contributed by atoms with Gasteiger partial charge in [0, 0.05) is 6.42 Å². The van der Waals surface area contributed by atoms with E-state index >= 15 is 0 Å². The predicted molar refractivity (Wildman–Crippen MR) is 48.5 cm³/mol. The highest BCUT2D eigenvalue weighted by atomic mass is 16.5. The summed E-state index contributed by atoms with van der Waals surface area (Å²) in [5.41, 5.74) is -0.410. The Morgan fingerprint density at radius 3 is 2.69 bits per heavy atom. The minimum Gasteiger partial charge on any atom is -0.364 e. The van der Waals surface area contributed by atoms with E-state index in [0.29, 0.717) is 12.8 Å². The summed E-state index contributed by atoms with van der Waals surface area (Å²) in [6.07, 6.45) is 0.548. The van der Waals surface area contributed by atoms with Gasteiger partial charge in [-0.05, 0) is 20.3 Å². The van der Waals surface area contributed by atoms with Crippen LogP contribution in [0.3, 0.4) is 0 Å². The molecule has 1 aliphatic heterocycles. The van der Waals surface area contributed by atoms with Gasteiger partial charge in [0.15, 0.2) is 11.8 Å². The Bertz CT molecular complexity index is 225. The van der Waals surface area contributed by atoms with Crippen molar-refractivity contribution in [2.75, 3.05) is 0 Å². The smallest absolute Gasteiger partial charge is 0.189 e. The van der Waals surface area contributed by atoms with Crippen molar-refractivity contribution in [1.82, 2.24) is 0 Å². The first-order chi connectivity index (χ1) is 6.00. The Labute approximate surface area is 77.6 Å². The van der Waals surface area contributed by atoms with E-state index in [4.69, 9.17) is 4.74 Å². The van der Waals surface area contributed by atoms with Gasteiger partial charge in [0.1, 0.15) is 6.10 Å². The van der Waals surface area contributed by atoms with Crippen LogP contribution >= 0.6 is 0 Å². The molecule has 2 atom stereocenters. The lowest BCUT2D eigenvalue weighted by molar-refractivity contribution is -0.157. The van der Waals surface area contributed by atoms with Gasteiger partial charge in [-0.1, -0.05) is 12.1 Å². The molecule has 2 unspecified atom stereocenters. The van der Waals surface area contributed by atoms with Crippen molar-refractivity contribution in [2.45, 2.75) is 51.4 Å². The highest BCUT2D eigenvalue weighted by Gasteiger charge is 2.41. The molecule has 1 aliphatic rings. The summed E-state index contributed by atoms with van der Waals surface area (Å²) in [7, 11) is 0. The molecule has 0 N–H and O–H groups in total. The third kappa shape index (κ3) is 2.12. The van der Waals surface area contributed by atoms with Crippen LogP contribution in [0.2, 0.25) is 0 Å². The zero-order valence-electron chi connectivity index (χ0n) is 8.24. The number of rotatable bonds is 2. The molecule has 4 nitrogen and oxygen atoms in total. The Kier molecular flexibility index (Phi) is 2.81. The molecule has 4 heteroatoms. The van der Waals surface area contributed by atoms with E-state index in [0.717, 1.165) is 0 Å². The van der Waals surface area contributed by atoms with E-state index in [2.05, 4.69) is 5.18 Å². The fourth-order valence-electron chi connectivity index (χ4n) is 1.65. The molecule has 1 rings (SSSR count). The molecule has 0 radical (unpaired) electrons. The number of hydrogen-bond donors (Lipinski definition) is 0. The highest BCUT2D eigenvalue weighted by molar-refractivity contribution is 5.89. The monoisotopic (exact) mass is 185 g/mol. The average molecular weight is 185 g/mol. The Hall–Kier alpha value is -0.770. The summed E-state index contributed by atoms with van der Waals surface area (Å²) >= 11 is 0. The zero-order chi connectivity index (χ0) is 10.1. The molecule has 0 bridgehead atoms. The molecule has 1 heterocycles. The van der Waals surface area contributed by atoms with Gasteiger partial charge in [0.2, 0.25) is 0 Å². The van der Waals surface area contributed by atoms with E-state index in [9.17, 15) is 9.70 Å². The van der Waals surface area contributed by atoms with Crippen LogP contribution in [0.25, 0.3) is 0 Å². The summed E-state index contributed by atoms with van der Waals surface area (Å²) in [5.74, 6) is -0.170. The SMILES string of the molecule is CCC1OC(C)(C)CC(N=O)C1=O. The molecule has 1 saturated heterocycles. The van der Waals surface area contributed by atoms with Crippen molar-refractivity contribution < 1.29 is 9.53 Å². The Morgan fingerprint density at radius 2 is 2.23 bits per heavy atom. The van der Waals surface area contributed by atoms with Crippen molar-refractivity contribution in [3.63, 3.8) is 0 Å². The van der Waals surface area contributed by atoms with Crippen molar-refractivity contribution in [1.29, 1.82) is 0 Å². The molecular formula is C9H15NO3. The predicted octanol–water partition coefficient (Wildman–Crippen LogP) is 1.67. The van der Waals surface area contributed by atoms with Gasteiger partial charge in [-0.25, -0.2) is 0 Å². The molecule has 0 aromatic rings. The van der Waals surface area contributed by atoms with Crippen LogP contribution in [-0.4, -0.2) is 23.5 Å². The van der Waals surface area contributed by atoms with Gasteiger partial charge >= 0.3 is 0 Å². The maximum absolute atomic E-state index is 11.5. The van der Waals surface area contributed by atoms with E-state index < -0.39 is 17.7 Å². The minimum absolute atomic E-state index is 0.170. The number of nitrogens with zero attached hydrogens (tertiary/aromatic N) is 1. The lowest BCUT2D eigenvalue weighted by atomic mass is 9.89. The normalized spacial score (nSPS) is 33.0. The van der Waals surface area contributed by atoms with E-state index in [-0.39, 0.29) is 5.78 Å². The van der Waals surface area contributed by atoms with Gasteiger partial charge in [-0.2, -0.15) is 4.91 Å². The van der Waals surface area contributed by atoms with Crippen LogP contribution in [-0.2, 0) is 9.53 Å². The second-order valence-electron chi connectivity index (χ2n) is 4.00. The quantitative estimate of drug-likeness (QED) is 0.615. The van der Waals surface area contributed by atoms with E-state index in [1.165, 1.54) is 0 Å². The molecule has 0 aromatic heterocycles. The molecular weight excluding hydrogens is 170 g/mol. The molecule has 1 fully saturated rings. The molecule has 0 spiro atoms.